The minimum absolute atomic E-state index is 0.315. The van der Waals surface area contributed by atoms with Crippen molar-refractivity contribution in [3.8, 4) is 11.3 Å². The van der Waals surface area contributed by atoms with Crippen molar-refractivity contribution >= 4 is 11.6 Å². The third kappa shape index (κ3) is 3.17. The zero-order chi connectivity index (χ0) is 18.1. The summed E-state index contributed by atoms with van der Waals surface area (Å²) >= 11 is 0. The first-order valence-electron chi connectivity index (χ1n) is 8.63. The Balaban J connectivity index is 1.57. The van der Waals surface area contributed by atoms with Crippen LogP contribution in [0.2, 0.25) is 0 Å². The van der Waals surface area contributed by atoms with Crippen LogP contribution in [0.15, 0.2) is 36.4 Å². The quantitative estimate of drug-likeness (QED) is 0.781. The highest BCUT2D eigenvalue weighted by atomic mass is 19.1. The molecule has 0 bridgehead atoms. The number of hydrogen-bond donors (Lipinski definition) is 1. The summed E-state index contributed by atoms with van der Waals surface area (Å²) in [4.78, 5) is 17.8. The number of aromatic nitrogens is 3. The number of benzene rings is 1. The second kappa shape index (κ2) is 6.84. The van der Waals surface area contributed by atoms with E-state index in [0.29, 0.717) is 24.1 Å². The molecule has 1 aliphatic heterocycles. The van der Waals surface area contributed by atoms with E-state index in [1.165, 1.54) is 5.56 Å². The highest BCUT2D eigenvalue weighted by Gasteiger charge is 2.18. The van der Waals surface area contributed by atoms with Crippen molar-refractivity contribution in [2.24, 2.45) is 5.73 Å². The maximum Gasteiger partial charge on any atom is 0.252 e. The van der Waals surface area contributed by atoms with Crippen molar-refractivity contribution in [3.05, 3.63) is 53.9 Å². The number of rotatable bonds is 4. The molecule has 1 radical (unpaired) electrons. The molecule has 3 aromatic rings. The Bertz CT molecular complexity index is 929. The molecule has 26 heavy (non-hydrogen) atoms. The summed E-state index contributed by atoms with van der Waals surface area (Å²) in [5.74, 6) is -0.546. The average Bonchev–Trinajstić information content (AvgIpc) is 3.13. The Labute approximate surface area is 150 Å². The average molecular weight is 352 g/mol. The van der Waals surface area contributed by atoms with Crippen LogP contribution in [0.1, 0.15) is 28.8 Å². The maximum atomic E-state index is 13.2. The number of alkyl halides is 1. The molecule has 0 spiro atoms. The monoisotopic (exact) mass is 352 g/mol. The van der Waals surface area contributed by atoms with Crippen LogP contribution in [-0.2, 0) is 6.54 Å². The number of hydrogen-bond acceptors (Lipinski definition) is 4. The number of primary amides is 1. The maximum absolute atomic E-state index is 13.2. The molecule has 2 aromatic heterocycles. The molecule has 0 saturated carbocycles. The summed E-state index contributed by atoms with van der Waals surface area (Å²) in [7, 11) is 0. The van der Waals surface area contributed by atoms with Gasteiger partial charge in [-0.1, -0.05) is 24.3 Å². The number of piperidine rings is 1. The largest absolute Gasteiger partial charge is 0.365 e. The van der Waals surface area contributed by atoms with E-state index < -0.39 is 12.1 Å². The third-order valence-corrected chi connectivity index (χ3v) is 4.82. The van der Waals surface area contributed by atoms with E-state index in [4.69, 9.17) is 5.73 Å². The third-order valence-electron chi connectivity index (χ3n) is 4.82. The van der Waals surface area contributed by atoms with Crippen LogP contribution in [0, 0.1) is 6.33 Å². The number of carbonyl (C=O) groups excluding carboxylic acids is 1. The van der Waals surface area contributed by atoms with Crippen LogP contribution in [0.4, 0.5) is 4.39 Å². The second-order valence-corrected chi connectivity index (χ2v) is 6.59. The van der Waals surface area contributed by atoms with Crippen LogP contribution in [0.3, 0.4) is 0 Å². The highest BCUT2D eigenvalue weighted by Crippen LogP contribution is 2.23. The molecule has 2 N–H and O–H groups in total. The topological polar surface area (TPSA) is 76.5 Å². The normalized spacial score (nSPS) is 16.2. The lowest BCUT2D eigenvalue weighted by molar-refractivity contribution is 0.100. The number of halogens is 1. The van der Waals surface area contributed by atoms with Gasteiger partial charge in [-0.3, -0.25) is 9.69 Å². The molecule has 1 aliphatic rings. The van der Waals surface area contributed by atoms with Crippen molar-refractivity contribution in [1.82, 2.24) is 19.5 Å². The van der Waals surface area contributed by atoms with Gasteiger partial charge in [-0.05, 0) is 30.5 Å². The van der Waals surface area contributed by atoms with Crippen molar-refractivity contribution in [2.75, 3.05) is 13.1 Å². The van der Waals surface area contributed by atoms with Gasteiger partial charge in [-0.15, -0.1) is 5.10 Å². The predicted octanol–water partition coefficient (Wildman–Crippen LogP) is 2.23. The van der Waals surface area contributed by atoms with Gasteiger partial charge in [0.2, 0.25) is 6.33 Å². The molecular formula is C19H19FN5O. The lowest BCUT2D eigenvalue weighted by atomic mass is 10.1. The number of carbonyl (C=O) groups is 1. The fourth-order valence-corrected chi connectivity index (χ4v) is 3.37. The Morgan fingerprint density at radius 2 is 1.92 bits per heavy atom. The number of nitrogens with zero attached hydrogens (tertiary/aromatic N) is 4. The van der Waals surface area contributed by atoms with Crippen molar-refractivity contribution < 1.29 is 9.18 Å². The molecule has 0 atom stereocenters. The molecule has 133 valence electrons. The van der Waals surface area contributed by atoms with Crippen molar-refractivity contribution in [3.63, 3.8) is 0 Å². The summed E-state index contributed by atoms with van der Waals surface area (Å²) in [6.07, 6.45) is 3.11. The summed E-state index contributed by atoms with van der Waals surface area (Å²) in [6.45, 7) is 2.42. The summed E-state index contributed by atoms with van der Waals surface area (Å²) in [6, 6.07) is 11.6. The SMILES string of the molecule is NC(=O)c1ccc(-c2ccc(CN3CCC(F)CC3)cc2)n2n[c]nc12. The van der Waals surface area contributed by atoms with Gasteiger partial charge in [0.25, 0.3) is 5.91 Å². The van der Waals surface area contributed by atoms with Gasteiger partial charge in [0.1, 0.15) is 6.17 Å². The number of pyridine rings is 1. The number of amides is 1. The van der Waals surface area contributed by atoms with Gasteiger partial charge in [0.15, 0.2) is 5.65 Å². The molecule has 1 saturated heterocycles. The van der Waals surface area contributed by atoms with E-state index in [0.717, 1.165) is 30.9 Å². The molecule has 4 rings (SSSR count). The summed E-state index contributed by atoms with van der Waals surface area (Å²) in [5.41, 5.74) is 9.04. The standard InChI is InChI=1S/C19H19FN5O/c20-15-7-9-24(10-8-15)11-13-1-3-14(4-2-13)17-6-5-16(18(21)26)19-22-12-23-25(17)19/h1-6,15H,7-11H2,(H2,21,26). The molecular weight excluding hydrogens is 333 g/mol. The van der Waals surface area contributed by atoms with Crippen LogP contribution in [0.25, 0.3) is 16.9 Å². The van der Waals surface area contributed by atoms with Gasteiger partial charge < -0.3 is 5.73 Å². The highest BCUT2D eigenvalue weighted by molar-refractivity contribution is 5.99. The Kier molecular flexibility index (Phi) is 4.38. The molecule has 1 fully saturated rings. The van der Waals surface area contributed by atoms with Gasteiger partial charge in [0, 0.05) is 25.2 Å². The van der Waals surface area contributed by atoms with Crippen molar-refractivity contribution in [2.45, 2.75) is 25.6 Å². The van der Waals surface area contributed by atoms with E-state index in [2.05, 4.69) is 33.4 Å². The Morgan fingerprint density at radius 3 is 2.62 bits per heavy atom. The van der Waals surface area contributed by atoms with Crippen molar-refractivity contribution in [1.29, 1.82) is 0 Å². The van der Waals surface area contributed by atoms with E-state index in [1.807, 2.05) is 12.1 Å². The fourth-order valence-electron chi connectivity index (χ4n) is 3.37. The Hall–Kier alpha value is -2.80. The first-order chi connectivity index (χ1) is 12.6. The molecule has 0 aliphatic carbocycles. The summed E-state index contributed by atoms with van der Waals surface area (Å²) < 4.78 is 14.8. The van der Waals surface area contributed by atoms with E-state index in [9.17, 15) is 9.18 Å². The first-order valence-corrected chi connectivity index (χ1v) is 8.63. The zero-order valence-electron chi connectivity index (χ0n) is 14.2. The molecule has 1 aromatic carbocycles. The van der Waals surface area contributed by atoms with Gasteiger partial charge in [0.05, 0.1) is 11.3 Å². The number of fused-ring (bicyclic) bond motifs is 1. The van der Waals surface area contributed by atoms with Crippen LogP contribution >= 0.6 is 0 Å². The fraction of sp³-hybridized carbons (Fsp3) is 0.316. The minimum Gasteiger partial charge on any atom is -0.365 e. The first kappa shape index (κ1) is 16.7. The molecule has 6 nitrogen and oxygen atoms in total. The van der Waals surface area contributed by atoms with E-state index >= 15 is 0 Å². The zero-order valence-corrected chi connectivity index (χ0v) is 14.2. The summed E-state index contributed by atoms with van der Waals surface area (Å²) in [5, 5.41) is 4.09. The number of nitrogens with two attached hydrogens (primary N) is 1. The second-order valence-electron chi connectivity index (χ2n) is 6.59. The Morgan fingerprint density at radius 1 is 1.19 bits per heavy atom. The molecule has 1 amide bonds. The lowest BCUT2D eigenvalue weighted by Gasteiger charge is -2.28. The lowest BCUT2D eigenvalue weighted by Crippen LogP contribution is -2.33. The van der Waals surface area contributed by atoms with E-state index in [1.54, 1.807) is 16.6 Å². The van der Waals surface area contributed by atoms with Crippen LogP contribution in [-0.4, -0.2) is 44.7 Å². The molecule has 7 heteroatoms. The van der Waals surface area contributed by atoms with E-state index in [-0.39, 0.29) is 0 Å². The van der Waals surface area contributed by atoms with Gasteiger partial charge >= 0.3 is 0 Å². The molecule has 3 heterocycles. The molecule has 0 unspecified atom stereocenters. The smallest absolute Gasteiger partial charge is 0.252 e. The van der Waals surface area contributed by atoms with Gasteiger partial charge in [-0.2, -0.15) is 0 Å². The minimum atomic E-state index is -0.654. The van der Waals surface area contributed by atoms with Gasteiger partial charge in [-0.25, -0.2) is 13.9 Å². The number of likely N-dealkylation sites (tertiary alicyclic amines) is 1. The predicted molar refractivity (Wildman–Crippen MR) is 95.2 cm³/mol. The van der Waals surface area contributed by atoms with Crippen LogP contribution < -0.4 is 5.73 Å². The van der Waals surface area contributed by atoms with Crippen LogP contribution in [0.5, 0.6) is 0 Å².